The van der Waals surface area contributed by atoms with Crippen molar-refractivity contribution in [3.05, 3.63) is 60.5 Å². The van der Waals surface area contributed by atoms with Gasteiger partial charge in [-0.2, -0.15) is 4.98 Å². The molecular formula is C21H21N5OS. The number of rotatable bonds is 4. The smallest absolute Gasteiger partial charge is 0.241 e. The molecule has 142 valence electrons. The second kappa shape index (κ2) is 7.69. The van der Waals surface area contributed by atoms with Gasteiger partial charge < -0.3 is 9.42 Å². The third-order valence-electron chi connectivity index (χ3n) is 5.00. The molecule has 3 heterocycles. The van der Waals surface area contributed by atoms with Crippen LogP contribution in [0.5, 0.6) is 0 Å². The van der Waals surface area contributed by atoms with Crippen LogP contribution in [0.4, 0.5) is 5.13 Å². The molecule has 0 amide bonds. The highest BCUT2D eigenvalue weighted by molar-refractivity contribution is 7.22. The van der Waals surface area contributed by atoms with Gasteiger partial charge in [0, 0.05) is 31.7 Å². The number of fused-ring (bicyclic) bond motifs is 1. The zero-order valence-corrected chi connectivity index (χ0v) is 16.3. The van der Waals surface area contributed by atoms with E-state index in [0.29, 0.717) is 18.3 Å². The van der Waals surface area contributed by atoms with Gasteiger partial charge in [-0.3, -0.25) is 4.90 Å². The largest absolute Gasteiger partial charge is 0.347 e. The van der Waals surface area contributed by atoms with Gasteiger partial charge in [0.1, 0.15) is 0 Å². The highest BCUT2D eigenvalue weighted by Crippen LogP contribution is 2.29. The summed E-state index contributed by atoms with van der Waals surface area (Å²) in [5, 5.41) is 5.25. The van der Waals surface area contributed by atoms with Crippen LogP contribution >= 0.6 is 11.3 Å². The quantitative estimate of drug-likeness (QED) is 0.523. The van der Waals surface area contributed by atoms with E-state index in [9.17, 15) is 0 Å². The Hall–Kier alpha value is -2.77. The third kappa shape index (κ3) is 3.63. The van der Waals surface area contributed by atoms with Crippen molar-refractivity contribution >= 4 is 26.7 Å². The lowest BCUT2D eigenvalue weighted by molar-refractivity contribution is 0.239. The first-order chi connectivity index (χ1) is 13.8. The summed E-state index contributed by atoms with van der Waals surface area (Å²) in [4.78, 5) is 14.2. The van der Waals surface area contributed by atoms with Crippen molar-refractivity contribution in [3.63, 3.8) is 0 Å². The third-order valence-corrected chi connectivity index (χ3v) is 6.10. The van der Waals surface area contributed by atoms with E-state index in [1.807, 2.05) is 36.4 Å². The van der Waals surface area contributed by atoms with Crippen LogP contribution in [0.1, 0.15) is 12.3 Å². The summed E-state index contributed by atoms with van der Waals surface area (Å²) in [5.41, 5.74) is 2.07. The zero-order chi connectivity index (χ0) is 18.8. The summed E-state index contributed by atoms with van der Waals surface area (Å²) < 4.78 is 6.74. The lowest BCUT2D eigenvalue weighted by Crippen LogP contribution is -2.30. The van der Waals surface area contributed by atoms with Crippen molar-refractivity contribution in [2.45, 2.75) is 13.0 Å². The summed E-state index contributed by atoms with van der Waals surface area (Å²) in [5.74, 6) is 1.33. The normalized spacial score (nSPS) is 15.8. The van der Waals surface area contributed by atoms with Crippen LogP contribution in [0, 0.1) is 0 Å². The van der Waals surface area contributed by atoms with Gasteiger partial charge in [0.25, 0.3) is 0 Å². The summed E-state index contributed by atoms with van der Waals surface area (Å²) in [6.45, 7) is 4.64. The summed E-state index contributed by atoms with van der Waals surface area (Å²) in [6.07, 6.45) is 1.09. The first kappa shape index (κ1) is 17.3. The molecule has 4 aromatic rings. The first-order valence-electron chi connectivity index (χ1n) is 9.56. The predicted molar refractivity (Wildman–Crippen MR) is 111 cm³/mol. The Morgan fingerprint density at radius 3 is 2.64 bits per heavy atom. The Morgan fingerprint density at radius 1 is 0.893 bits per heavy atom. The maximum Gasteiger partial charge on any atom is 0.241 e. The van der Waals surface area contributed by atoms with Gasteiger partial charge in [-0.15, -0.1) is 0 Å². The van der Waals surface area contributed by atoms with Gasteiger partial charge in [-0.05, 0) is 18.6 Å². The molecule has 0 saturated carbocycles. The number of hydrogen-bond donors (Lipinski definition) is 0. The molecule has 7 heteroatoms. The molecule has 0 aliphatic carbocycles. The first-order valence-corrected chi connectivity index (χ1v) is 10.4. The van der Waals surface area contributed by atoms with Gasteiger partial charge in [-0.25, -0.2) is 4.98 Å². The second-order valence-corrected chi connectivity index (χ2v) is 7.97. The molecule has 2 aromatic heterocycles. The molecule has 0 N–H and O–H groups in total. The summed E-state index contributed by atoms with van der Waals surface area (Å²) in [6, 6.07) is 18.3. The second-order valence-electron chi connectivity index (χ2n) is 6.96. The Morgan fingerprint density at radius 2 is 1.75 bits per heavy atom. The minimum atomic E-state index is 0.654. The molecule has 6 nitrogen and oxygen atoms in total. The molecule has 28 heavy (non-hydrogen) atoms. The number of para-hydroxylation sites is 1. The van der Waals surface area contributed by atoms with E-state index in [-0.39, 0.29) is 0 Å². The Kier molecular flexibility index (Phi) is 4.76. The summed E-state index contributed by atoms with van der Waals surface area (Å²) >= 11 is 1.77. The SMILES string of the molecule is c1ccc(-c2noc(CN3CCCN(c4nc5ccccc5s4)CC3)n2)cc1. The molecule has 5 rings (SSSR count). The average Bonchev–Trinajstić information content (AvgIpc) is 3.31. The Balaban J connectivity index is 1.24. The van der Waals surface area contributed by atoms with Crippen molar-refractivity contribution in [3.8, 4) is 11.4 Å². The van der Waals surface area contributed by atoms with Crippen LogP contribution in [-0.2, 0) is 6.54 Å². The highest BCUT2D eigenvalue weighted by atomic mass is 32.1. The van der Waals surface area contributed by atoms with Crippen molar-refractivity contribution in [1.29, 1.82) is 0 Å². The molecule has 0 atom stereocenters. The fourth-order valence-electron chi connectivity index (χ4n) is 3.53. The minimum absolute atomic E-state index is 0.654. The molecular weight excluding hydrogens is 370 g/mol. The molecule has 1 aliphatic heterocycles. The van der Waals surface area contributed by atoms with E-state index in [1.165, 1.54) is 4.70 Å². The molecule has 1 saturated heterocycles. The van der Waals surface area contributed by atoms with Crippen molar-refractivity contribution in [1.82, 2.24) is 20.0 Å². The van der Waals surface area contributed by atoms with E-state index < -0.39 is 0 Å². The number of anilines is 1. The molecule has 1 aliphatic rings. The fraction of sp³-hybridized carbons (Fsp3) is 0.286. The highest BCUT2D eigenvalue weighted by Gasteiger charge is 2.20. The fourth-order valence-corrected chi connectivity index (χ4v) is 4.55. The standard InChI is InChI=1S/C21H21N5OS/c1-2-7-16(8-3-1)20-23-19(27-24-20)15-25-11-6-12-26(14-13-25)21-22-17-9-4-5-10-18(17)28-21/h1-5,7-10H,6,11-15H2. The van der Waals surface area contributed by atoms with Crippen LogP contribution in [-0.4, -0.2) is 46.2 Å². The monoisotopic (exact) mass is 391 g/mol. The van der Waals surface area contributed by atoms with Crippen molar-refractivity contribution < 1.29 is 4.52 Å². The lowest BCUT2D eigenvalue weighted by atomic mass is 10.2. The molecule has 0 radical (unpaired) electrons. The van der Waals surface area contributed by atoms with Crippen LogP contribution in [0.3, 0.4) is 0 Å². The van der Waals surface area contributed by atoms with E-state index in [1.54, 1.807) is 11.3 Å². The number of thiazole rings is 1. The molecule has 2 aromatic carbocycles. The van der Waals surface area contributed by atoms with E-state index >= 15 is 0 Å². The summed E-state index contributed by atoms with van der Waals surface area (Å²) in [7, 11) is 0. The van der Waals surface area contributed by atoms with E-state index in [0.717, 1.165) is 48.8 Å². The number of nitrogens with zero attached hydrogens (tertiary/aromatic N) is 5. The Labute approximate surface area is 167 Å². The number of benzene rings is 2. The van der Waals surface area contributed by atoms with Gasteiger partial charge in [0.2, 0.25) is 11.7 Å². The van der Waals surface area contributed by atoms with Crippen molar-refractivity contribution in [2.24, 2.45) is 0 Å². The topological polar surface area (TPSA) is 58.3 Å². The zero-order valence-electron chi connectivity index (χ0n) is 15.5. The molecule has 0 bridgehead atoms. The van der Waals surface area contributed by atoms with E-state index in [4.69, 9.17) is 9.51 Å². The number of hydrogen-bond acceptors (Lipinski definition) is 7. The minimum Gasteiger partial charge on any atom is -0.347 e. The maximum absolute atomic E-state index is 5.49. The number of aromatic nitrogens is 3. The van der Waals surface area contributed by atoms with Crippen LogP contribution in [0.15, 0.2) is 59.1 Å². The molecule has 0 spiro atoms. The van der Waals surface area contributed by atoms with Gasteiger partial charge in [-0.1, -0.05) is 59.0 Å². The molecule has 0 unspecified atom stereocenters. The predicted octanol–water partition coefficient (Wildman–Crippen LogP) is 4.06. The van der Waals surface area contributed by atoms with Gasteiger partial charge in [0.15, 0.2) is 5.13 Å². The molecule has 1 fully saturated rings. The lowest BCUT2D eigenvalue weighted by Gasteiger charge is -2.20. The Bertz CT molecular complexity index is 1030. The maximum atomic E-state index is 5.49. The van der Waals surface area contributed by atoms with Crippen LogP contribution in [0.2, 0.25) is 0 Å². The van der Waals surface area contributed by atoms with Gasteiger partial charge in [0.05, 0.1) is 16.8 Å². The van der Waals surface area contributed by atoms with Crippen LogP contribution in [0.25, 0.3) is 21.6 Å². The average molecular weight is 392 g/mol. The van der Waals surface area contributed by atoms with Crippen molar-refractivity contribution in [2.75, 3.05) is 31.1 Å². The van der Waals surface area contributed by atoms with Gasteiger partial charge >= 0.3 is 0 Å². The van der Waals surface area contributed by atoms with Crippen LogP contribution < -0.4 is 4.90 Å². The van der Waals surface area contributed by atoms with E-state index in [2.05, 4.69) is 38.1 Å².